The molecule has 2 atom stereocenters. The number of hydrogen-bond donors (Lipinski definition) is 1. The highest BCUT2D eigenvalue weighted by Crippen LogP contribution is 2.31. The number of rotatable bonds is 2. The molecule has 0 spiro atoms. The van der Waals surface area contributed by atoms with Crippen molar-refractivity contribution in [3.63, 3.8) is 0 Å². The Bertz CT molecular complexity index is 648. The van der Waals surface area contributed by atoms with Crippen LogP contribution in [0.3, 0.4) is 0 Å². The minimum Gasteiger partial charge on any atom is -0.480 e. The molecule has 0 aliphatic carbocycles. The molecule has 1 fully saturated rings. The van der Waals surface area contributed by atoms with Crippen molar-refractivity contribution in [1.29, 1.82) is 0 Å². The van der Waals surface area contributed by atoms with E-state index in [1.165, 1.54) is 16.7 Å². The number of fused-ring (bicyclic) bond motifs is 1. The van der Waals surface area contributed by atoms with E-state index >= 15 is 0 Å². The average Bonchev–Trinajstić information content (AvgIpc) is 3.01. The van der Waals surface area contributed by atoms with Gasteiger partial charge in [-0.1, -0.05) is 18.2 Å². The second-order valence-electron chi connectivity index (χ2n) is 4.65. The van der Waals surface area contributed by atoms with Gasteiger partial charge < -0.3 is 14.4 Å². The first-order valence-corrected chi connectivity index (χ1v) is 7.28. The molecular formula is C14H13NO4S. The number of benzene rings is 1. The van der Waals surface area contributed by atoms with E-state index in [-0.39, 0.29) is 17.0 Å². The lowest BCUT2D eigenvalue weighted by molar-refractivity contribution is -0.141. The fraction of sp³-hybridized carbons (Fsp3) is 0.286. The van der Waals surface area contributed by atoms with Gasteiger partial charge in [0.2, 0.25) is 0 Å². The summed E-state index contributed by atoms with van der Waals surface area (Å²) in [6, 6.07) is 8.19. The third-order valence-electron chi connectivity index (χ3n) is 3.38. The number of carbonyl (C=O) groups is 2. The summed E-state index contributed by atoms with van der Waals surface area (Å²) in [5.74, 6) is -0.758. The van der Waals surface area contributed by atoms with Crippen molar-refractivity contribution < 1.29 is 19.1 Å². The predicted molar refractivity (Wildman–Crippen MR) is 75.7 cm³/mol. The molecule has 1 N–H and O–H groups in total. The summed E-state index contributed by atoms with van der Waals surface area (Å²) in [7, 11) is 0. The van der Waals surface area contributed by atoms with Crippen LogP contribution in [0.5, 0.6) is 0 Å². The number of carbonyl (C=O) groups excluding carboxylic acids is 1. The summed E-state index contributed by atoms with van der Waals surface area (Å²) in [5.41, 5.74) is 0.627. The molecule has 2 aromatic rings. The van der Waals surface area contributed by atoms with E-state index < -0.39 is 12.0 Å². The van der Waals surface area contributed by atoms with Crippen molar-refractivity contribution in [1.82, 2.24) is 4.90 Å². The number of carboxylic acids is 1. The Hall–Kier alpha value is -1.95. The molecule has 1 aliphatic heterocycles. The number of hydrogen-bond acceptors (Lipinski definition) is 4. The Kier molecular flexibility index (Phi) is 3.17. The van der Waals surface area contributed by atoms with Gasteiger partial charge in [-0.3, -0.25) is 4.79 Å². The van der Waals surface area contributed by atoms with E-state index in [1.807, 2.05) is 25.1 Å². The first-order chi connectivity index (χ1) is 9.58. The fourth-order valence-electron chi connectivity index (χ4n) is 2.36. The monoisotopic (exact) mass is 291 g/mol. The van der Waals surface area contributed by atoms with Crippen molar-refractivity contribution >= 4 is 34.6 Å². The van der Waals surface area contributed by atoms with Gasteiger partial charge in [0.25, 0.3) is 5.91 Å². The van der Waals surface area contributed by atoms with Gasteiger partial charge >= 0.3 is 5.97 Å². The molecule has 1 amide bonds. The second-order valence-corrected chi connectivity index (χ2v) is 6.00. The summed E-state index contributed by atoms with van der Waals surface area (Å²) in [4.78, 5) is 25.1. The van der Waals surface area contributed by atoms with Gasteiger partial charge in [-0.05, 0) is 19.1 Å². The number of furan rings is 1. The van der Waals surface area contributed by atoms with Gasteiger partial charge in [0, 0.05) is 11.1 Å². The van der Waals surface area contributed by atoms with Gasteiger partial charge in [-0.25, -0.2) is 4.79 Å². The molecule has 104 valence electrons. The average molecular weight is 291 g/mol. The number of carboxylic acid groups (broad SMARTS) is 1. The molecule has 0 radical (unpaired) electrons. The molecule has 0 bridgehead atoms. The van der Waals surface area contributed by atoms with Gasteiger partial charge in [0.1, 0.15) is 11.6 Å². The molecule has 2 heterocycles. The highest BCUT2D eigenvalue weighted by Gasteiger charge is 2.40. The van der Waals surface area contributed by atoms with E-state index in [1.54, 1.807) is 12.1 Å². The quantitative estimate of drug-likeness (QED) is 0.920. The van der Waals surface area contributed by atoms with Crippen LogP contribution in [-0.4, -0.2) is 39.1 Å². The van der Waals surface area contributed by atoms with Gasteiger partial charge in [0.05, 0.1) is 5.37 Å². The normalized spacial score (nSPS) is 22.4. The van der Waals surface area contributed by atoms with Crippen molar-refractivity contribution in [3.05, 3.63) is 36.1 Å². The van der Waals surface area contributed by atoms with Crippen LogP contribution in [0.2, 0.25) is 0 Å². The SMILES string of the molecule is CC1SCC(C(=O)O)N1C(=O)c1cc2ccccc2o1. The molecular weight excluding hydrogens is 278 g/mol. The van der Waals surface area contributed by atoms with Crippen LogP contribution in [0, 0.1) is 0 Å². The van der Waals surface area contributed by atoms with Crippen LogP contribution in [0.4, 0.5) is 0 Å². The maximum atomic E-state index is 12.5. The Morgan fingerprint density at radius 2 is 2.15 bits per heavy atom. The molecule has 1 aromatic carbocycles. The minimum atomic E-state index is -0.980. The van der Waals surface area contributed by atoms with Crippen LogP contribution in [0.15, 0.2) is 34.7 Å². The first-order valence-electron chi connectivity index (χ1n) is 6.23. The molecule has 5 nitrogen and oxygen atoms in total. The van der Waals surface area contributed by atoms with E-state index in [2.05, 4.69) is 0 Å². The summed E-state index contributed by atoms with van der Waals surface area (Å²) in [6.07, 6.45) is 0. The van der Waals surface area contributed by atoms with E-state index in [0.717, 1.165) is 5.39 Å². The molecule has 2 unspecified atom stereocenters. The smallest absolute Gasteiger partial charge is 0.327 e. The molecule has 20 heavy (non-hydrogen) atoms. The molecule has 1 saturated heterocycles. The first kappa shape index (κ1) is 13.1. The van der Waals surface area contributed by atoms with Crippen LogP contribution in [0.25, 0.3) is 11.0 Å². The van der Waals surface area contributed by atoms with Crippen LogP contribution in [-0.2, 0) is 4.79 Å². The highest BCUT2D eigenvalue weighted by atomic mass is 32.2. The number of para-hydroxylation sites is 1. The zero-order chi connectivity index (χ0) is 14.3. The Morgan fingerprint density at radius 3 is 2.85 bits per heavy atom. The third kappa shape index (κ3) is 2.06. The van der Waals surface area contributed by atoms with Gasteiger partial charge in [-0.15, -0.1) is 11.8 Å². The Morgan fingerprint density at radius 1 is 1.40 bits per heavy atom. The zero-order valence-corrected chi connectivity index (χ0v) is 11.6. The lowest BCUT2D eigenvalue weighted by atomic mass is 10.2. The van der Waals surface area contributed by atoms with E-state index in [9.17, 15) is 14.7 Å². The predicted octanol–water partition coefficient (Wildman–Crippen LogP) is 2.42. The maximum Gasteiger partial charge on any atom is 0.327 e. The van der Waals surface area contributed by atoms with Gasteiger partial charge in [0.15, 0.2) is 5.76 Å². The standard InChI is InChI=1S/C14H13NO4S/c1-8-15(10(7-20-8)14(17)18)13(16)12-6-9-4-2-3-5-11(9)19-12/h2-6,8,10H,7H2,1H3,(H,17,18). The maximum absolute atomic E-state index is 12.5. The van der Waals surface area contributed by atoms with Crippen molar-refractivity contribution in [2.24, 2.45) is 0 Å². The van der Waals surface area contributed by atoms with Crippen LogP contribution < -0.4 is 0 Å². The Balaban J connectivity index is 1.96. The summed E-state index contributed by atoms with van der Waals surface area (Å²) in [6.45, 7) is 1.83. The molecule has 3 rings (SSSR count). The molecule has 1 aromatic heterocycles. The second kappa shape index (κ2) is 4.86. The van der Waals surface area contributed by atoms with E-state index in [4.69, 9.17) is 4.42 Å². The Labute approximate surface area is 119 Å². The highest BCUT2D eigenvalue weighted by molar-refractivity contribution is 8.00. The third-order valence-corrected chi connectivity index (χ3v) is 4.60. The topological polar surface area (TPSA) is 70.8 Å². The van der Waals surface area contributed by atoms with Crippen molar-refractivity contribution in [3.8, 4) is 0 Å². The van der Waals surface area contributed by atoms with Crippen molar-refractivity contribution in [2.75, 3.05) is 5.75 Å². The fourth-order valence-corrected chi connectivity index (χ4v) is 3.52. The summed E-state index contributed by atoms with van der Waals surface area (Å²) >= 11 is 1.45. The zero-order valence-electron chi connectivity index (χ0n) is 10.8. The number of aliphatic carboxylic acids is 1. The summed E-state index contributed by atoms with van der Waals surface area (Å²) in [5, 5.41) is 9.86. The largest absolute Gasteiger partial charge is 0.480 e. The van der Waals surface area contributed by atoms with Crippen LogP contribution in [0.1, 0.15) is 17.5 Å². The van der Waals surface area contributed by atoms with E-state index in [0.29, 0.717) is 11.3 Å². The number of nitrogens with zero attached hydrogens (tertiary/aromatic N) is 1. The molecule has 1 aliphatic rings. The lowest BCUT2D eigenvalue weighted by Gasteiger charge is -2.23. The summed E-state index contributed by atoms with van der Waals surface area (Å²) < 4.78 is 5.53. The van der Waals surface area contributed by atoms with Gasteiger partial charge in [-0.2, -0.15) is 0 Å². The van der Waals surface area contributed by atoms with Crippen LogP contribution >= 0.6 is 11.8 Å². The minimum absolute atomic E-state index is 0.170. The molecule has 6 heteroatoms. The van der Waals surface area contributed by atoms with Crippen molar-refractivity contribution in [2.45, 2.75) is 18.3 Å². The molecule has 0 saturated carbocycles. The number of thioether (sulfide) groups is 1. The number of amides is 1. The lowest BCUT2D eigenvalue weighted by Crippen LogP contribution is -2.44.